The summed E-state index contributed by atoms with van der Waals surface area (Å²) in [5.74, 6) is 1.87. The first kappa shape index (κ1) is 13.7. The van der Waals surface area contributed by atoms with Crippen LogP contribution in [0.5, 0.6) is 0 Å². The van der Waals surface area contributed by atoms with Crippen molar-refractivity contribution >= 4 is 17.4 Å². The third kappa shape index (κ3) is 3.08. The van der Waals surface area contributed by atoms with E-state index in [0.29, 0.717) is 17.5 Å². The Morgan fingerprint density at radius 2 is 1.90 bits per heavy atom. The lowest BCUT2D eigenvalue weighted by Crippen LogP contribution is -1.92. The molecule has 0 spiro atoms. The zero-order chi connectivity index (χ0) is 14.7. The smallest absolute Gasteiger partial charge is 0.258 e. The topological polar surface area (TPSA) is 64.9 Å². The van der Waals surface area contributed by atoms with E-state index in [2.05, 4.69) is 22.3 Å². The Balaban J connectivity index is 1.76. The Bertz CT molecular complexity index is 740. The van der Waals surface area contributed by atoms with Gasteiger partial charge in [0.05, 0.1) is 5.75 Å². The molecular weight excluding hydrogens is 282 g/mol. The highest BCUT2D eigenvalue weighted by Gasteiger charge is 2.12. The Kier molecular flexibility index (Phi) is 3.92. The second-order valence-electron chi connectivity index (χ2n) is 4.64. The van der Waals surface area contributed by atoms with Gasteiger partial charge >= 0.3 is 0 Å². The largest absolute Gasteiger partial charge is 0.398 e. The molecule has 4 nitrogen and oxygen atoms in total. The standard InChI is InChI=1S/C16H15N3OS/c1-11-13(8-5-9-14(11)17)16-18-15(19-20-16)10-21-12-6-3-2-4-7-12/h2-9H,10,17H2,1H3. The summed E-state index contributed by atoms with van der Waals surface area (Å²) < 4.78 is 5.34. The van der Waals surface area contributed by atoms with Gasteiger partial charge in [0.2, 0.25) is 0 Å². The number of rotatable bonds is 4. The van der Waals surface area contributed by atoms with Gasteiger partial charge in [-0.15, -0.1) is 11.8 Å². The van der Waals surface area contributed by atoms with Crippen LogP contribution in [0.3, 0.4) is 0 Å². The van der Waals surface area contributed by atoms with Crippen molar-refractivity contribution in [1.29, 1.82) is 0 Å². The molecule has 106 valence electrons. The van der Waals surface area contributed by atoms with Crippen LogP contribution in [0.4, 0.5) is 5.69 Å². The van der Waals surface area contributed by atoms with Crippen molar-refractivity contribution in [2.24, 2.45) is 0 Å². The molecule has 0 aliphatic heterocycles. The third-order valence-electron chi connectivity index (χ3n) is 3.19. The van der Waals surface area contributed by atoms with Gasteiger partial charge in [0, 0.05) is 16.1 Å². The van der Waals surface area contributed by atoms with Gasteiger partial charge in [0.15, 0.2) is 5.82 Å². The minimum Gasteiger partial charge on any atom is -0.398 e. The van der Waals surface area contributed by atoms with E-state index in [1.807, 2.05) is 43.3 Å². The summed E-state index contributed by atoms with van der Waals surface area (Å²) in [4.78, 5) is 5.63. The molecule has 0 saturated carbocycles. The van der Waals surface area contributed by atoms with Crippen LogP contribution in [0.1, 0.15) is 11.4 Å². The number of nitrogen functional groups attached to an aromatic ring is 1. The zero-order valence-corrected chi connectivity index (χ0v) is 12.4. The average Bonchev–Trinajstić information content (AvgIpc) is 2.98. The maximum absolute atomic E-state index is 5.91. The molecule has 0 amide bonds. The summed E-state index contributed by atoms with van der Waals surface area (Å²) in [6, 6.07) is 15.8. The predicted molar refractivity (Wildman–Crippen MR) is 84.9 cm³/mol. The van der Waals surface area contributed by atoms with Crippen LogP contribution >= 0.6 is 11.8 Å². The van der Waals surface area contributed by atoms with E-state index < -0.39 is 0 Å². The summed E-state index contributed by atoms with van der Waals surface area (Å²) >= 11 is 1.68. The molecule has 3 aromatic rings. The fraction of sp³-hybridized carbons (Fsp3) is 0.125. The highest BCUT2D eigenvalue weighted by molar-refractivity contribution is 7.98. The van der Waals surface area contributed by atoms with Crippen molar-refractivity contribution < 1.29 is 4.52 Å². The van der Waals surface area contributed by atoms with Crippen LogP contribution < -0.4 is 5.73 Å². The van der Waals surface area contributed by atoms with Gasteiger partial charge in [0.1, 0.15) is 0 Å². The van der Waals surface area contributed by atoms with Gasteiger partial charge in [-0.3, -0.25) is 0 Å². The van der Waals surface area contributed by atoms with Crippen molar-refractivity contribution in [2.75, 3.05) is 5.73 Å². The number of hydrogen-bond acceptors (Lipinski definition) is 5. The highest BCUT2D eigenvalue weighted by Crippen LogP contribution is 2.27. The quantitative estimate of drug-likeness (QED) is 0.584. The molecule has 0 unspecified atom stereocenters. The molecule has 3 rings (SSSR count). The third-order valence-corrected chi connectivity index (χ3v) is 4.19. The van der Waals surface area contributed by atoms with E-state index in [-0.39, 0.29) is 0 Å². The number of hydrogen-bond donors (Lipinski definition) is 1. The van der Waals surface area contributed by atoms with Gasteiger partial charge in [-0.1, -0.05) is 29.4 Å². The number of aromatic nitrogens is 2. The van der Waals surface area contributed by atoms with Crippen molar-refractivity contribution in [3.63, 3.8) is 0 Å². The summed E-state index contributed by atoms with van der Waals surface area (Å²) in [7, 11) is 0. The van der Waals surface area contributed by atoms with E-state index >= 15 is 0 Å². The van der Waals surface area contributed by atoms with Gasteiger partial charge in [0.25, 0.3) is 5.89 Å². The van der Waals surface area contributed by atoms with Gasteiger partial charge in [-0.2, -0.15) is 4.98 Å². The Labute approximate surface area is 127 Å². The minimum atomic E-state index is 0.517. The Hall–Kier alpha value is -2.27. The van der Waals surface area contributed by atoms with E-state index in [4.69, 9.17) is 10.3 Å². The lowest BCUT2D eigenvalue weighted by molar-refractivity contribution is 0.425. The summed E-state index contributed by atoms with van der Waals surface area (Å²) in [5, 5.41) is 4.03. The van der Waals surface area contributed by atoms with E-state index in [1.54, 1.807) is 11.8 Å². The summed E-state index contributed by atoms with van der Waals surface area (Å²) in [6.45, 7) is 1.95. The molecule has 0 atom stereocenters. The zero-order valence-electron chi connectivity index (χ0n) is 11.6. The summed E-state index contributed by atoms with van der Waals surface area (Å²) in [5.41, 5.74) is 8.48. The number of anilines is 1. The van der Waals surface area contributed by atoms with E-state index in [1.165, 1.54) is 4.90 Å². The van der Waals surface area contributed by atoms with E-state index in [9.17, 15) is 0 Å². The molecular formula is C16H15N3OS. The first-order valence-corrected chi connectivity index (χ1v) is 7.58. The molecule has 1 aromatic heterocycles. The van der Waals surface area contributed by atoms with Crippen molar-refractivity contribution in [3.8, 4) is 11.5 Å². The Morgan fingerprint density at radius 1 is 1.10 bits per heavy atom. The molecule has 0 bridgehead atoms. The molecule has 2 N–H and O–H groups in total. The second kappa shape index (κ2) is 6.01. The maximum Gasteiger partial charge on any atom is 0.258 e. The van der Waals surface area contributed by atoms with Crippen LogP contribution in [0.2, 0.25) is 0 Å². The van der Waals surface area contributed by atoms with Crippen LogP contribution in [0.15, 0.2) is 57.9 Å². The van der Waals surface area contributed by atoms with Gasteiger partial charge in [-0.25, -0.2) is 0 Å². The van der Waals surface area contributed by atoms with Gasteiger partial charge in [-0.05, 0) is 36.8 Å². The first-order valence-electron chi connectivity index (χ1n) is 6.60. The van der Waals surface area contributed by atoms with Crippen molar-refractivity contribution in [2.45, 2.75) is 17.6 Å². The fourth-order valence-corrected chi connectivity index (χ4v) is 2.73. The molecule has 0 saturated heterocycles. The lowest BCUT2D eigenvalue weighted by atomic mass is 10.1. The monoisotopic (exact) mass is 297 g/mol. The van der Waals surface area contributed by atoms with Gasteiger partial charge < -0.3 is 10.3 Å². The number of thioether (sulfide) groups is 1. The molecule has 21 heavy (non-hydrogen) atoms. The molecule has 0 aliphatic carbocycles. The first-order chi connectivity index (χ1) is 10.2. The SMILES string of the molecule is Cc1c(N)cccc1-c1nc(CSc2ccccc2)no1. The van der Waals surface area contributed by atoms with Crippen LogP contribution in [-0.2, 0) is 5.75 Å². The second-order valence-corrected chi connectivity index (χ2v) is 5.69. The number of nitrogens with two attached hydrogens (primary N) is 1. The van der Waals surface area contributed by atoms with Crippen LogP contribution in [0, 0.1) is 6.92 Å². The van der Waals surface area contributed by atoms with Crippen molar-refractivity contribution in [3.05, 3.63) is 59.9 Å². The highest BCUT2D eigenvalue weighted by atomic mass is 32.2. The molecule has 0 radical (unpaired) electrons. The number of benzene rings is 2. The average molecular weight is 297 g/mol. The normalized spacial score (nSPS) is 10.7. The summed E-state index contributed by atoms with van der Waals surface area (Å²) in [6.07, 6.45) is 0. The Morgan fingerprint density at radius 3 is 2.71 bits per heavy atom. The fourth-order valence-electron chi connectivity index (χ4n) is 1.97. The lowest BCUT2D eigenvalue weighted by Gasteiger charge is -2.03. The minimum absolute atomic E-state index is 0.517. The molecule has 5 heteroatoms. The number of nitrogens with zero attached hydrogens (tertiary/aromatic N) is 2. The van der Waals surface area contributed by atoms with E-state index in [0.717, 1.165) is 16.8 Å². The molecule has 0 aliphatic rings. The predicted octanol–water partition coefficient (Wildman–Crippen LogP) is 3.92. The molecule has 0 fully saturated rings. The molecule has 2 aromatic carbocycles. The molecule has 1 heterocycles. The maximum atomic E-state index is 5.91. The van der Waals surface area contributed by atoms with Crippen LogP contribution in [0.25, 0.3) is 11.5 Å². The van der Waals surface area contributed by atoms with Crippen molar-refractivity contribution in [1.82, 2.24) is 10.1 Å². The van der Waals surface area contributed by atoms with Crippen LogP contribution in [-0.4, -0.2) is 10.1 Å².